The van der Waals surface area contributed by atoms with Crippen molar-refractivity contribution < 1.29 is 0 Å². The molecule has 1 aromatic carbocycles. The van der Waals surface area contributed by atoms with Crippen LogP contribution in [-0.4, -0.2) is 21.7 Å². The molecule has 1 fully saturated rings. The maximum atomic E-state index is 4.80. The highest BCUT2D eigenvalue weighted by Crippen LogP contribution is 2.31. The topological polar surface area (TPSA) is 53.6 Å². The number of nitrogens with zero attached hydrogens (tertiary/aromatic N) is 2. The van der Waals surface area contributed by atoms with Gasteiger partial charge in [-0.05, 0) is 25.5 Å². The number of aromatic amines is 1. The molecular formula is C15H16N4S. The molecule has 0 amide bonds. The van der Waals surface area contributed by atoms with Gasteiger partial charge in [0.1, 0.15) is 10.7 Å². The van der Waals surface area contributed by atoms with Crippen LogP contribution in [-0.2, 0) is 0 Å². The summed E-state index contributed by atoms with van der Waals surface area (Å²) in [4.78, 5) is 4.80. The first-order chi connectivity index (χ1) is 9.92. The molecule has 1 aliphatic heterocycles. The van der Waals surface area contributed by atoms with Gasteiger partial charge in [0, 0.05) is 10.8 Å². The molecular weight excluding hydrogens is 268 g/mol. The summed E-state index contributed by atoms with van der Waals surface area (Å²) in [6.07, 6.45) is 3.75. The molecule has 0 aliphatic carbocycles. The van der Waals surface area contributed by atoms with E-state index in [2.05, 4.69) is 27.0 Å². The van der Waals surface area contributed by atoms with Crippen molar-refractivity contribution in [2.75, 3.05) is 6.54 Å². The van der Waals surface area contributed by atoms with Crippen molar-refractivity contribution in [2.24, 2.45) is 0 Å². The summed E-state index contributed by atoms with van der Waals surface area (Å²) < 4.78 is 0. The van der Waals surface area contributed by atoms with Gasteiger partial charge in [0.05, 0.1) is 17.3 Å². The Morgan fingerprint density at radius 3 is 3.05 bits per heavy atom. The highest BCUT2D eigenvalue weighted by Gasteiger charge is 2.19. The smallest absolute Gasteiger partial charge is 0.144 e. The molecule has 1 aliphatic rings. The van der Waals surface area contributed by atoms with Crippen molar-refractivity contribution >= 4 is 22.2 Å². The van der Waals surface area contributed by atoms with Crippen LogP contribution in [0, 0.1) is 0 Å². The second-order valence-corrected chi connectivity index (χ2v) is 6.06. The van der Waals surface area contributed by atoms with Gasteiger partial charge in [-0.15, -0.1) is 11.3 Å². The zero-order chi connectivity index (χ0) is 13.4. The number of nitrogens with one attached hydrogen (secondary N) is 2. The van der Waals surface area contributed by atoms with Gasteiger partial charge in [-0.25, -0.2) is 4.98 Å². The minimum atomic E-state index is 0.416. The van der Waals surface area contributed by atoms with Gasteiger partial charge in [-0.1, -0.05) is 24.6 Å². The second-order valence-electron chi connectivity index (χ2n) is 5.20. The SMILES string of the molecule is c1ccc2c(-c3nc([C@H]4CCCCN4)cs3)n[nH]c2c1. The summed E-state index contributed by atoms with van der Waals surface area (Å²) >= 11 is 1.68. The normalized spacial score (nSPS) is 19.5. The molecule has 0 bridgehead atoms. The number of piperidine rings is 1. The van der Waals surface area contributed by atoms with E-state index >= 15 is 0 Å². The fourth-order valence-electron chi connectivity index (χ4n) is 2.79. The second kappa shape index (κ2) is 5.00. The molecule has 4 rings (SSSR count). The number of H-pyrrole nitrogens is 1. The zero-order valence-corrected chi connectivity index (χ0v) is 11.9. The maximum Gasteiger partial charge on any atom is 0.144 e. The molecule has 2 N–H and O–H groups in total. The minimum Gasteiger partial charge on any atom is -0.309 e. The van der Waals surface area contributed by atoms with E-state index in [1.807, 2.05) is 18.2 Å². The third-order valence-corrected chi connectivity index (χ3v) is 4.73. The molecule has 3 aromatic rings. The van der Waals surface area contributed by atoms with E-state index < -0.39 is 0 Å². The lowest BCUT2D eigenvalue weighted by atomic mass is 10.0. The quantitative estimate of drug-likeness (QED) is 0.757. The van der Waals surface area contributed by atoms with E-state index in [-0.39, 0.29) is 0 Å². The number of rotatable bonds is 2. The Bertz CT molecular complexity index is 724. The van der Waals surface area contributed by atoms with Crippen molar-refractivity contribution in [3.8, 4) is 10.7 Å². The van der Waals surface area contributed by atoms with Gasteiger partial charge in [0.2, 0.25) is 0 Å². The number of para-hydroxylation sites is 1. The molecule has 0 saturated carbocycles. The average Bonchev–Trinajstić information content (AvgIpc) is 3.14. The van der Waals surface area contributed by atoms with Crippen LogP contribution in [0.3, 0.4) is 0 Å². The fraction of sp³-hybridized carbons (Fsp3) is 0.333. The van der Waals surface area contributed by atoms with E-state index in [0.717, 1.165) is 33.8 Å². The van der Waals surface area contributed by atoms with Crippen LogP contribution in [0.5, 0.6) is 0 Å². The molecule has 0 unspecified atom stereocenters. The fourth-order valence-corrected chi connectivity index (χ4v) is 3.66. The lowest BCUT2D eigenvalue weighted by Gasteiger charge is -2.21. The molecule has 0 radical (unpaired) electrons. The summed E-state index contributed by atoms with van der Waals surface area (Å²) in [5.41, 5.74) is 3.19. The van der Waals surface area contributed by atoms with Crippen LogP contribution in [0.25, 0.3) is 21.6 Å². The van der Waals surface area contributed by atoms with Gasteiger partial charge in [-0.2, -0.15) is 5.10 Å². The average molecular weight is 284 g/mol. The van der Waals surface area contributed by atoms with Gasteiger partial charge < -0.3 is 5.32 Å². The van der Waals surface area contributed by atoms with Crippen LogP contribution >= 0.6 is 11.3 Å². The van der Waals surface area contributed by atoms with E-state index in [0.29, 0.717) is 6.04 Å². The molecule has 1 atom stereocenters. The predicted molar refractivity (Wildman–Crippen MR) is 81.8 cm³/mol. The van der Waals surface area contributed by atoms with Gasteiger partial charge in [0.15, 0.2) is 0 Å². The van der Waals surface area contributed by atoms with Crippen LogP contribution < -0.4 is 5.32 Å². The number of thiazole rings is 1. The largest absolute Gasteiger partial charge is 0.309 e. The van der Waals surface area contributed by atoms with Crippen LogP contribution in [0.1, 0.15) is 31.0 Å². The molecule has 2 aromatic heterocycles. The Balaban J connectivity index is 1.70. The van der Waals surface area contributed by atoms with E-state index in [1.165, 1.54) is 19.3 Å². The standard InChI is InChI=1S/C15H16N4S/c1-2-6-11-10(5-1)14(19-18-11)15-17-13(9-20-15)12-7-3-4-8-16-12/h1-2,5-6,9,12,16H,3-4,7-8H2,(H,18,19)/t12-/m1/s1. The minimum absolute atomic E-state index is 0.416. The van der Waals surface area contributed by atoms with Gasteiger partial charge in [-0.3, -0.25) is 5.10 Å². The summed E-state index contributed by atoms with van der Waals surface area (Å²) in [7, 11) is 0. The Kier molecular flexibility index (Phi) is 3.01. The number of fused-ring (bicyclic) bond motifs is 1. The summed E-state index contributed by atoms with van der Waals surface area (Å²) in [5.74, 6) is 0. The molecule has 0 spiro atoms. The zero-order valence-electron chi connectivity index (χ0n) is 11.1. The third-order valence-electron chi connectivity index (χ3n) is 3.86. The molecule has 20 heavy (non-hydrogen) atoms. The van der Waals surface area contributed by atoms with Crippen molar-refractivity contribution in [3.05, 3.63) is 35.3 Å². The van der Waals surface area contributed by atoms with Crippen molar-refractivity contribution in [1.82, 2.24) is 20.5 Å². The lowest BCUT2D eigenvalue weighted by Crippen LogP contribution is -2.26. The van der Waals surface area contributed by atoms with Crippen LogP contribution in [0.2, 0.25) is 0 Å². The first-order valence-electron chi connectivity index (χ1n) is 7.04. The highest BCUT2D eigenvalue weighted by atomic mass is 32.1. The summed E-state index contributed by atoms with van der Waals surface area (Å²) in [6.45, 7) is 1.10. The Morgan fingerprint density at radius 2 is 2.15 bits per heavy atom. The van der Waals surface area contributed by atoms with E-state index in [4.69, 9.17) is 4.98 Å². The van der Waals surface area contributed by atoms with Crippen LogP contribution in [0.15, 0.2) is 29.6 Å². The lowest BCUT2D eigenvalue weighted by molar-refractivity contribution is 0.407. The Morgan fingerprint density at radius 1 is 1.20 bits per heavy atom. The highest BCUT2D eigenvalue weighted by molar-refractivity contribution is 7.13. The van der Waals surface area contributed by atoms with Crippen molar-refractivity contribution in [1.29, 1.82) is 0 Å². The van der Waals surface area contributed by atoms with Gasteiger partial charge >= 0.3 is 0 Å². The Labute approximate surface area is 121 Å². The maximum absolute atomic E-state index is 4.80. The molecule has 4 nitrogen and oxygen atoms in total. The number of benzene rings is 1. The van der Waals surface area contributed by atoms with Crippen LogP contribution in [0.4, 0.5) is 0 Å². The monoisotopic (exact) mass is 284 g/mol. The van der Waals surface area contributed by atoms with E-state index in [1.54, 1.807) is 11.3 Å². The molecule has 5 heteroatoms. The molecule has 1 saturated heterocycles. The number of aromatic nitrogens is 3. The number of hydrogen-bond acceptors (Lipinski definition) is 4. The van der Waals surface area contributed by atoms with E-state index in [9.17, 15) is 0 Å². The predicted octanol–water partition coefficient (Wildman–Crippen LogP) is 3.50. The molecule has 102 valence electrons. The summed E-state index contributed by atoms with van der Waals surface area (Å²) in [6, 6.07) is 8.61. The first kappa shape index (κ1) is 12.1. The summed E-state index contributed by atoms with van der Waals surface area (Å²) in [5, 5.41) is 15.4. The Hall–Kier alpha value is -1.72. The van der Waals surface area contributed by atoms with Crippen molar-refractivity contribution in [3.63, 3.8) is 0 Å². The van der Waals surface area contributed by atoms with Crippen molar-refractivity contribution in [2.45, 2.75) is 25.3 Å². The third kappa shape index (κ3) is 2.03. The van der Waals surface area contributed by atoms with Gasteiger partial charge in [0.25, 0.3) is 0 Å². The number of hydrogen-bond donors (Lipinski definition) is 2. The first-order valence-corrected chi connectivity index (χ1v) is 7.92. The molecule has 3 heterocycles.